The van der Waals surface area contributed by atoms with Gasteiger partial charge in [-0.15, -0.1) is 0 Å². The molecule has 1 aromatic carbocycles. The van der Waals surface area contributed by atoms with Gasteiger partial charge in [0.15, 0.2) is 0 Å². The van der Waals surface area contributed by atoms with Gasteiger partial charge < -0.3 is 15.8 Å². The fraction of sp³-hybridized carbons (Fsp3) is 0.593. The van der Waals surface area contributed by atoms with Gasteiger partial charge in [-0.05, 0) is 81.4 Å². The fourth-order valence-electron chi connectivity index (χ4n) is 4.92. The van der Waals surface area contributed by atoms with E-state index in [0.717, 1.165) is 62.0 Å². The Morgan fingerprint density at radius 3 is 2.42 bits per heavy atom. The lowest BCUT2D eigenvalue weighted by atomic mass is 9.89. The molecule has 1 saturated heterocycles. The van der Waals surface area contributed by atoms with E-state index in [4.69, 9.17) is 15.5 Å². The lowest BCUT2D eigenvalue weighted by Gasteiger charge is -2.34. The number of amidine groups is 1. The van der Waals surface area contributed by atoms with E-state index in [1.54, 1.807) is 25.3 Å². The predicted molar refractivity (Wildman–Crippen MR) is 151 cm³/mol. The van der Waals surface area contributed by atoms with Crippen LogP contribution in [0.15, 0.2) is 22.5 Å². The molecule has 3 rings (SSSR count). The number of ether oxygens (including phenoxy) is 1. The maximum Gasteiger partial charge on any atom is 0.318 e. The minimum absolute atomic E-state index is 0.122. The molecule has 0 saturated carbocycles. The monoisotopic (exact) mass is 547 g/mol. The van der Waals surface area contributed by atoms with Crippen LogP contribution >= 0.6 is 0 Å². The number of primary amides is 1. The minimum Gasteiger partial charge on any atom is -0.382 e. The van der Waals surface area contributed by atoms with Crippen molar-refractivity contribution >= 4 is 39.6 Å². The summed E-state index contributed by atoms with van der Waals surface area (Å²) in [6, 6.07) is 3.02. The van der Waals surface area contributed by atoms with Gasteiger partial charge in [-0.2, -0.15) is 4.31 Å². The third kappa shape index (κ3) is 7.21. The van der Waals surface area contributed by atoms with Gasteiger partial charge in [0.1, 0.15) is 11.4 Å². The van der Waals surface area contributed by atoms with Crippen LogP contribution in [-0.2, 0) is 19.6 Å². The first-order chi connectivity index (χ1) is 18.0. The molecule has 11 heteroatoms. The summed E-state index contributed by atoms with van der Waals surface area (Å²) >= 11 is 0. The summed E-state index contributed by atoms with van der Waals surface area (Å²) < 4.78 is 32.9. The zero-order chi connectivity index (χ0) is 27.9. The third-order valence-corrected chi connectivity index (χ3v) is 8.86. The first-order valence-corrected chi connectivity index (χ1v) is 14.8. The number of piperidine rings is 1. The molecule has 0 radical (unpaired) electrons. The van der Waals surface area contributed by atoms with Crippen molar-refractivity contribution in [1.29, 1.82) is 0 Å². The summed E-state index contributed by atoms with van der Waals surface area (Å²) in [5, 5.41) is 4.14. The number of unbranched alkanes of at least 4 members (excludes halogenated alkanes) is 3. The van der Waals surface area contributed by atoms with E-state index in [2.05, 4.69) is 5.32 Å². The quantitative estimate of drug-likeness (QED) is 0.387. The van der Waals surface area contributed by atoms with E-state index in [1.807, 2.05) is 20.8 Å². The van der Waals surface area contributed by atoms with Gasteiger partial charge in [-0.1, -0.05) is 12.8 Å². The van der Waals surface area contributed by atoms with Crippen LogP contribution in [0.25, 0.3) is 6.08 Å². The first-order valence-electron chi connectivity index (χ1n) is 13.3. The van der Waals surface area contributed by atoms with Crippen LogP contribution in [0.1, 0.15) is 68.6 Å². The molecule has 2 aliphatic heterocycles. The van der Waals surface area contributed by atoms with Crippen molar-refractivity contribution in [1.82, 2.24) is 9.62 Å². The summed E-state index contributed by atoms with van der Waals surface area (Å²) in [5.74, 6) is 0.594. The summed E-state index contributed by atoms with van der Waals surface area (Å²) in [7, 11) is -2.10. The molecule has 2 aliphatic rings. The Balaban J connectivity index is 1.58. The summed E-state index contributed by atoms with van der Waals surface area (Å²) in [5.41, 5.74) is 7.57. The third-order valence-electron chi connectivity index (χ3n) is 7.30. The Hall–Kier alpha value is -2.76. The smallest absolute Gasteiger partial charge is 0.318 e. The second-order valence-corrected chi connectivity index (χ2v) is 11.9. The second kappa shape index (κ2) is 12.9. The van der Waals surface area contributed by atoms with Gasteiger partial charge in [0.2, 0.25) is 10.0 Å². The van der Waals surface area contributed by atoms with Gasteiger partial charge in [-0.3, -0.25) is 14.7 Å². The van der Waals surface area contributed by atoms with Crippen molar-refractivity contribution in [3.63, 3.8) is 0 Å². The number of nitrogens with two attached hydrogens (primary N) is 1. The van der Waals surface area contributed by atoms with Gasteiger partial charge in [-0.25, -0.2) is 13.2 Å². The maximum atomic E-state index is 13.1. The van der Waals surface area contributed by atoms with Crippen LogP contribution in [0.5, 0.6) is 0 Å². The Morgan fingerprint density at radius 1 is 1.18 bits per heavy atom. The number of amides is 3. The Bertz CT molecular complexity index is 1160. The number of nitrogens with one attached hydrogen (secondary N) is 1. The van der Waals surface area contributed by atoms with Gasteiger partial charge in [0, 0.05) is 50.9 Å². The molecule has 1 spiro atoms. The van der Waals surface area contributed by atoms with Crippen LogP contribution in [0, 0.1) is 13.8 Å². The summed E-state index contributed by atoms with van der Waals surface area (Å²) in [6.45, 7) is 7.69. The maximum absolute atomic E-state index is 13.1. The van der Waals surface area contributed by atoms with Crippen LogP contribution in [0.2, 0.25) is 0 Å². The molecule has 1 fully saturated rings. The number of aryl methyl sites for hydroxylation is 2. The Kier molecular flexibility index (Phi) is 10.1. The molecule has 0 atom stereocenters. The molecule has 10 nitrogen and oxygen atoms in total. The Morgan fingerprint density at radius 2 is 1.82 bits per heavy atom. The number of benzene rings is 1. The predicted octanol–water partition coefficient (Wildman–Crippen LogP) is 3.47. The van der Waals surface area contributed by atoms with E-state index in [0.29, 0.717) is 24.4 Å². The number of carbonyl (C=O) groups is 2. The zero-order valence-electron chi connectivity index (χ0n) is 23.0. The van der Waals surface area contributed by atoms with Gasteiger partial charge in [0.25, 0.3) is 5.91 Å². The lowest BCUT2D eigenvalue weighted by Crippen LogP contribution is -2.50. The number of sulfonamides is 1. The summed E-state index contributed by atoms with van der Waals surface area (Å²) in [4.78, 5) is 30.3. The van der Waals surface area contributed by atoms with Gasteiger partial charge >= 0.3 is 6.03 Å². The van der Waals surface area contributed by atoms with Crippen LogP contribution in [0.4, 0.5) is 10.5 Å². The van der Waals surface area contributed by atoms with E-state index < -0.39 is 21.6 Å². The minimum atomic E-state index is -3.68. The number of aliphatic imine (C=N–C) groups is 1. The van der Waals surface area contributed by atoms with E-state index >= 15 is 0 Å². The topological polar surface area (TPSA) is 134 Å². The van der Waals surface area contributed by atoms with E-state index in [-0.39, 0.29) is 19.0 Å². The van der Waals surface area contributed by atoms with Crippen molar-refractivity contribution in [3.05, 3.63) is 34.2 Å². The van der Waals surface area contributed by atoms with Crippen LogP contribution < -0.4 is 16.0 Å². The zero-order valence-corrected chi connectivity index (χ0v) is 23.8. The standard InChI is InChI=1S/C27H41N5O5S/c1-5-37-16-9-7-6-8-10-24-29-25(33)27(30-24)12-14-32(15-13-27)38(35,36)17-11-23-20(2)18-22(19-21(23)3)31(4)26(28)34/h11,17-19H,5-10,12-16H2,1-4H3,(H2,28,34)(H,29,30,33)/b17-11+. The van der Waals surface area contributed by atoms with E-state index in [9.17, 15) is 18.0 Å². The summed E-state index contributed by atoms with van der Waals surface area (Å²) in [6.07, 6.45) is 7.14. The van der Waals surface area contributed by atoms with E-state index in [1.165, 1.54) is 14.6 Å². The lowest BCUT2D eigenvalue weighted by molar-refractivity contribution is -0.124. The number of carbonyl (C=O) groups excluding carboxylic acids is 2. The molecule has 1 aromatic rings. The molecule has 0 unspecified atom stereocenters. The normalized spacial score (nSPS) is 17.7. The van der Waals surface area contributed by atoms with Crippen molar-refractivity contribution < 1.29 is 22.7 Å². The highest BCUT2D eigenvalue weighted by Crippen LogP contribution is 2.32. The molecule has 38 heavy (non-hydrogen) atoms. The number of nitrogens with zero attached hydrogens (tertiary/aromatic N) is 3. The second-order valence-electron chi connectivity index (χ2n) is 10.0. The largest absolute Gasteiger partial charge is 0.382 e. The van der Waals surface area contributed by atoms with Crippen molar-refractivity contribution in [2.45, 2.75) is 71.3 Å². The number of hydrogen-bond donors (Lipinski definition) is 2. The first kappa shape index (κ1) is 29.8. The molecular formula is C27H41N5O5S. The molecule has 0 aromatic heterocycles. The van der Waals surface area contributed by atoms with Crippen molar-refractivity contribution in [3.8, 4) is 0 Å². The van der Waals surface area contributed by atoms with Crippen LogP contribution in [0.3, 0.4) is 0 Å². The average Bonchev–Trinajstić information content (AvgIpc) is 3.16. The number of anilines is 1. The number of hydrogen-bond acceptors (Lipinski definition) is 6. The molecule has 0 bridgehead atoms. The molecule has 3 N–H and O–H groups in total. The fourth-order valence-corrected chi connectivity index (χ4v) is 6.09. The SMILES string of the molecule is CCOCCCCCCC1=NC2(CCN(S(=O)(=O)/C=C/c3c(C)cc(N(C)C(N)=O)cc3C)CC2)C(=O)N1. The van der Waals surface area contributed by atoms with Gasteiger partial charge in [0.05, 0.1) is 0 Å². The van der Waals surface area contributed by atoms with Crippen LogP contribution in [-0.4, -0.2) is 69.4 Å². The number of rotatable bonds is 12. The Labute approximate surface area is 226 Å². The average molecular weight is 548 g/mol. The van der Waals surface area contributed by atoms with Crippen molar-refractivity contribution in [2.75, 3.05) is 38.3 Å². The highest BCUT2D eigenvalue weighted by Gasteiger charge is 2.46. The molecular weight excluding hydrogens is 506 g/mol. The molecule has 3 amide bonds. The highest BCUT2D eigenvalue weighted by molar-refractivity contribution is 7.92. The van der Waals surface area contributed by atoms with Crippen molar-refractivity contribution in [2.24, 2.45) is 10.7 Å². The molecule has 2 heterocycles. The molecule has 210 valence electrons. The highest BCUT2D eigenvalue weighted by atomic mass is 32.2. The molecule has 0 aliphatic carbocycles. The number of urea groups is 1.